The van der Waals surface area contributed by atoms with Gasteiger partial charge in [-0.1, -0.05) is 36.4 Å². The fourth-order valence-electron chi connectivity index (χ4n) is 4.50. The molecule has 1 aliphatic heterocycles. The van der Waals surface area contributed by atoms with E-state index in [-0.39, 0.29) is 17.6 Å². The molecule has 156 valence electrons. The molecule has 0 aliphatic carbocycles. The summed E-state index contributed by atoms with van der Waals surface area (Å²) >= 11 is 0. The number of benzene rings is 2. The number of rotatable bonds is 4. The van der Waals surface area contributed by atoms with Crippen LogP contribution in [0.15, 0.2) is 72.9 Å². The number of likely N-dealkylation sites (tertiary alicyclic amines) is 1. The minimum absolute atomic E-state index is 0.139. The molecule has 0 unspecified atom stereocenters. The van der Waals surface area contributed by atoms with Crippen molar-refractivity contribution in [1.82, 2.24) is 14.9 Å². The molecule has 1 N–H and O–H groups in total. The zero-order chi connectivity index (χ0) is 21.2. The summed E-state index contributed by atoms with van der Waals surface area (Å²) in [5.74, 6) is 0.0263. The van der Waals surface area contributed by atoms with Crippen molar-refractivity contribution in [3.05, 3.63) is 90.0 Å². The number of aromatic nitrogens is 2. The van der Waals surface area contributed by atoms with Crippen molar-refractivity contribution >= 4 is 16.8 Å². The first-order chi connectivity index (χ1) is 15.2. The molecule has 4 nitrogen and oxygen atoms in total. The number of amides is 1. The number of fused-ring (bicyclic) bond motifs is 1. The minimum atomic E-state index is -0.272. The van der Waals surface area contributed by atoms with Crippen LogP contribution >= 0.6 is 0 Å². The summed E-state index contributed by atoms with van der Waals surface area (Å²) in [4.78, 5) is 23.0. The standard InChI is InChI=1S/C26H24FN3O/c27-22-10-3-1-9-21(22)25-13-5-12-23(29-25)18-7-6-14-30(17-18)26(31)15-19-16-28-24-11-4-2-8-20(19)24/h1-5,8-13,16,18,28H,6-7,14-15,17H2/t18-/m1/s1. The predicted molar refractivity (Wildman–Crippen MR) is 120 cm³/mol. The molecule has 2 aromatic heterocycles. The van der Waals surface area contributed by atoms with Crippen molar-refractivity contribution in [2.45, 2.75) is 25.2 Å². The number of carbonyl (C=O) groups excluding carboxylic acids is 1. The first-order valence-electron chi connectivity index (χ1n) is 10.7. The Morgan fingerprint density at radius 1 is 1.06 bits per heavy atom. The second kappa shape index (κ2) is 8.34. The third kappa shape index (κ3) is 3.96. The van der Waals surface area contributed by atoms with Gasteiger partial charge in [-0.3, -0.25) is 9.78 Å². The van der Waals surface area contributed by atoms with Crippen LogP contribution in [-0.2, 0) is 11.2 Å². The Morgan fingerprint density at radius 3 is 2.81 bits per heavy atom. The maximum absolute atomic E-state index is 14.2. The van der Waals surface area contributed by atoms with E-state index in [1.54, 1.807) is 12.1 Å². The van der Waals surface area contributed by atoms with E-state index in [4.69, 9.17) is 4.98 Å². The second-order valence-corrected chi connectivity index (χ2v) is 8.14. The van der Waals surface area contributed by atoms with Gasteiger partial charge in [0.15, 0.2) is 0 Å². The Labute approximate surface area is 180 Å². The summed E-state index contributed by atoms with van der Waals surface area (Å²) in [6.45, 7) is 1.42. The molecule has 1 fully saturated rings. The van der Waals surface area contributed by atoms with Crippen LogP contribution in [0.2, 0.25) is 0 Å². The number of para-hydroxylation sites is 1. The Kier molecular flexibility index (Phi) is 5.24. The van der Waals surface area contributed by atoms with Crippen molar-refractivity contribution in [1.29, 1.82) is 0 Å². The number of nitrogens with zero attached hydrogens (tertiary/aromatic N) is 2. The van der Waals surface area contributed by atoms with Gasteiger partial charge in [0.2, 0.25) is 5.91 Å². The van der Waals surface area contributed by atoms with Gasteiger partial charge in [-0.15, -0.1) is 0 Å². The van der Waals surface area contributed by atoms with Crippen LogP contribution in [0, 0.1) is 5.82 Å². The maximum Gasteiger partial charge on any atom is 0.227 e. The number of pyridine rings is 1. The lowest BCUT2D eigenvalue weighted by Gasteiger charge is -2.32. The number of carbonyl (C=O) groups is 1. The predicted octanol–water partition coefficient (Wildman–Crippen LogP) is 5.32. The van der Waals surface area contributed by atoms with Gasteiger partial charge in [-0.25, -0.2) is 4.39 Å². The largest absolute Gasteiger partial charge is 0.361 e. The van der Waals surface area contributed by atoms with Gasteiger partial charge >= 0.3 is 0 Å². The zero-order valence-corrected chi connectivity index (χ0v) is 17.2. The minimum Gasteiger partial charge on any atom is -0.361 e. The number of H-pyrrole nitrogens is 1. The number of piperidine rings is 1. The van der Waals surface area contributed by atoms with Crippen LogP contribution in [0.25, 0.3) is 22.2 Å². The molecule has 0 bridgehead atoms. The topological polar surface area (TPSA) is 49.0 Å². The Bertz CT molecular complexity index is 1230. The van der Waals surface area contributed by atoms with E-state index in [0.29, 0.717) is 24.2 Å². The van der Waals surface area contributed by atoms with Crippen LogP contribution in [0.1, 0.15) is 30.0 Å². The molecule has 1 aliphatic rings. The lowest BCUT2D eigenvalue weighted by molar-refractivity contribution is -0.131. The molecule has 2 aromatic carbocycles. The van der Waals surface area contributed by atoms with Crippen LogP contribution in [0.3, 0.4) is 0 Å². The van der Waals surface area contributed by atoms with Crippen LogP contribution in [0.5, 0.6) is 0 Å². The highest BCUT2D eigenvalue weighted by Gasteiger charge is 2.26. The molecule has 5 heteroatoms. The summed E-state index contributed by atoms with van der Waals surface area (Å²) in [7, 11) is 0. The van der Waals surface area contributed by atoms with Gasteiger partial charge < -0.3 is 9.88 Å². The number of aromatic amines is 1. The lowest BCUT2D eigenvalue weighted by atomic mass is 9.93. The summed E-state index contributed by atoms with van der Waals surface area (Å²) in [5.41, 5.74) is 4.15. The molecule has 3 heterocycles. The van der Waals surface area contributed by atoms with Crippen molar-refractivity contribution in [3.63, 3.8) is 0 Å². The second-order valence-electron chi connectivity index (χ2n) is 8.14. The highest BCUT2D eigenvalue weighted by Crippen LogP contribution is 2.29. The summed E-state index contributed by atoms with van der Waals surface area (Å²) in [5, 5.41) is 1.10. The molecule has 31 heavy (non-hydrogen) atoms. The number of hydrogen-bond donors (Lipinski definition) is 1. The summed E-state index contributed by atoms with van der Waals surface area (Å²) < 4.78 is 14.2. The average molecular weight is 413 g/mol. The summed E-state index contributed by atoms with van der Waals surface area (Å²) in [6, 6.07) is 20.5. The van der Waals surface area contributed by atoms with E-state index in [1.165, 1.54) is 6.07 Å². The fraction of sp³-hybridized carbons (Fsp3) is 0.231. The van der Waals surface area contributed by atoms with Crippen molar-refractivity contribution in [2.24, 2.45) is 0 Å². The molecule has 5 rings (SSSR count). The van der Waals surface area contributed by atoms with E-state index in [0.717, 1.165) is 41.5 Å². The SMILES string of the molecule is O=C(Cc1c[nH]c2ccccc12)N1CCC[C@@H](c2cccc(-c3ccccc3F)n2)C1. The monoisotopic (exact) mass is 413 g/mol. The molecule has 1 amide bonds. The van der Waals surface area contributed by atoms with E-state index in [2.05, 4.69) is 4.98 Å². The van der Waals surface area contributed by atoms with E-state index in [9.17, 15) is 9.18 Å². The molecular formula is C26H24FN3O. The molecule has 1 saturated heterocycles. The molecular weight excluding hydrogens is 389 g/mol. The van der Waals surface area contributed by atoms with Gasteiger partial charge in [0.05, 0.1) is 12.1 Å². The van der Waals surface area contributed by atoms with Crippen LogP contribution in [0.4, 0.5) is 4.39 Å². The van der Waals surface area contributed by atoms with Gasteiger partial charge in [-0.2, -0.15) is 0 Å². The molecule has 0 saturated carbocycles. The van der Waals surface area contributed by atoms with Gasteiger partial charge in [0.25, 0.3) is 0 Å². The smallest absolute Gasteiger partial charge is 0.227 e. The van der Waals surface area contributed by atoms with Gasteiger partial charge in [-0.05, 0) is 48.7 Å². The number of nitrogens with one attached hydrogen (secondary N) is 1. The van der Waals surface area contributed by atoms with Gasteiger partial charge in [0.1, 0.15) is 5.82 Å². The number of hydrogen-bond acceptors (Lipinski definition) is 2. The molecule has 0 spiro atoms. The summed E-state index contributed by atoms with van der Waals surface area (Å²) in [6.07, 6.45) is 4.24. The van der Waals surface area contributed by atoms with Crippen LogP contribution < -0.4 is 0 Å². The van der Waals surface area contributed by atoms with E-state index >= 15 is 0 Å². The quantitative estimate of drug-likeness (QED) is 0.492. The highest BCUT2D eigenvalue weighted by molar-refractivity contribution is 5.89. The zero-order valence-electron chi connectivity index (χ0n) is 17.2. The molecule has 4 aromatic rings. The molecule has 0 radical (unpaired) electrons. The number of halogens is 1. The maximum atomic E-state index is 14.2. The lowest BCUT2D eigenvalue weighted by Crippen LogP contribution is -2.40. The van der Waals surface area contributed by atoms with Crippen molar-refractivity contribution < 1.29 is 9.18 Å². The first-order valence-corrected chi connectivity index (χ1v) is 10.7. The third-order valence-electron chi connectivity index (χ3n) is 6.13. The van der Waals surface area contributed by atoms with E-state index < -0.39 is 0 Å². The van der Waals surface area contributed by atoms with Crippen LogP contribution in [-0.4, -0.2) is 33.9 Å². The average Bonchev–Trinajstić information content (AvgIpc) is 3.22. The van der Waals surface area contributed by atoms with Crippen molar-refractivity contribution in [2.75, 3.05) is 13.1 Å². The van der Waals surface area contributed by atoms with Crippen molar-refractivity contribution in [3.8, 4) is 11.3 Å². The highest BCUT2D eigenvalue weighted by atomic mass is 19.1. The Hall–Kier alpha value is -3.47. The normalized spacial score (nSPS) is 16.5. The first kappa shape index (κ1) is 19.5. The van der Waals surface area contributed by atoms with E-state index in [1.807, 2.05) is 59.6 Å². The fourth-order valence-corrected chi connectivity index (χ4v) is 4.50. The Balaban J connectivity index is 1.33. The molecule has 1 atom stereocenters. The Morgan fingerprint density at radius 2 is 1.90 bits per heavy atom. The third-order valence-corrected chi connectivity index (χ3v) is 6.13. The van der Waals surface area contributed by atoms with Gasteiger partial charge in [0, 0.05) is 47.4 Å².